The summed E-state index contributed by atoms with van der Waals surface area (Å²) < 4.78 is 39.0. The zero-order valence-corrected chi connectivity index (χ0v) is 8.17. The van der Waals surface area contributed by atoms with Gasteiger partial charge in [0, 0.05) is 10.1 Å². The molecule has 0 aliphatic heterocycles. The first-order valence-corrected chi connectivity index (χ1v) is 4.93. The summed E-state index contributed by atoms with van der Waals surface area (Å²) in [7, 11) is 0. The Bertz CT molecular complexity index is 473. The minimum absolute atomic E-state index is 0.297. The van der Waals surface area contributed by atoms with E-state index in [4.69, 9.17) is 0 Å². The summed E-state index contributed by atoms with van der Waals surface area (Å²) in [5.74, 6) is -0.790. The van der Waals surface area contributed by atoms with Crippen molar-refractivity contribution >= 4 is 21.4 Å². The lowest BCUT2D eigenvalue weighted by Crippen LogP contribution is -1.92. The normalized spacial score (nSPS) is 11.5. The lowest BCUT2D eigenvalue weighted by Gasteiger charge is -2.05. The summed E-state index contributed by atoms with van der Waals surface area (Å²) in [4.78, 5) is 0. The van der Waals surface area contributed by atoms with Crippen LogP contribution in [0.2, 0.25) is 0 Å². The topological polar surface area (TPSA) is 0 Å². The van der Waals surface area contributed by atoms with Crippen molar-refractivity contribution in [3.8, 4) is 0 Å². The maximum Gasteiger partial charge on any atom is 0.266 e. The van der Waals surface area contributed by atoms with Gasteiger partial charge in [-0.1, -0.05) is 0 Å². The Hall–Kier alpha value is -1.03. The average molecular weight is 216 g/mol. The molecule has 74 valence electrons. The van der Waals surface area contributed by atoms with E-state index in [-0.39, 0.29) is 0 Å². The predicted octanol–water partition coefficient (Wildman–Crippen LogP) is 4.29. The molecular formula is C10H7F3S. The van der Waals surface area contributed by atoms with Crippen LogP contribution in [-0.4, -0.2) is 0 Å². The van der Waals surface area contributed by atoms with Gasteiger partial charge in [0.15, 0.2) is 0 Å². The summed E-state index contributed by atoms with van der Waals surface area (Å²) in [5.41, 5.74) is 0.195. The molecule has 0 saturated heterocycles. The van der Waals surface area contributed by atoms with Crippen molar-refractivity contribution in [2.45, 2.75) is 13.3 Å². The van der Waals surface area contributed by atoms with E-state index in [0.717, 1.165) is 4.70 Å². The maximum atomic E-state index is 13.5. The number of thiophene rings is 1. The number of benzene rings is 1. The molecule has 0 radical (unpaired) electrons. The summed E-state index contributed by atoms with van der Waals surface area (Å²) in [5, 5.41) is 2.00. The van der Waals surface area contributed by atoms with E-state index in [1.807, 2.05) is 0 Å². The number of aryl methyl sites for hydroxylation is 1. The first-order chi connectivity index (χ1) is 6.61. The van der Waals surface area contributed by atoms with Gasteiger partial charge < -0.3 is 0 Å². The van der Waals surface area contributed by atoms with Crippen LogP contribution in [0.5, 0.6) is 0 Å². The largest absolute Gasteiger partial charge is 0.266 e. The molecule has 0 saturated carbocycles. The highest BCUT2D eigenvalue weighted by atomic mass is 32.1. The van der Waals surface area contributed by atoms with Crippen molar-refractivity contribution in [3.63, 3.8) is 0 Å². The molecule has 14 heavy (non-hydrogen) atoms. The zero-order chi connectivity index (χ0) is 10.3. The van der Waals surface area contributed by atoms with Gasteiger partial charge in [0.1, 0.15) is 5.82 Å². The molecule has 0 atom stereocenters. The van der Waals surface area contributed by atoms with E-state index < -0.39 is 17.8 Å². The number of halogens is 3. The summed E-state index contributed by atoms with van der Waals surface area (Å²) in [6.45, 7) is 1.71. The third-order valence-corrected chi connectivity index (χ3v) is 3.17. The molecule has 0 nitrogen and oxygen atoms in total. The van der Waals surface area contributed by atoms with E-state index >= 15 is 0 Å². The van der Waals surface area contributed by atoms with Gasteiger partial charge in [0.25, 0.3) is 6.43 Å². The predicted molar refractivity (Wildman–Crippen MR) is 51.5 cm³/mol. The lowest BCUT2D eigenvalue weighted by molar-refractivity contribution is 0.146. The van der Waals surface area contributed by atoms with Crippen molar-refractivity contribution in [2.75, 3.05) is 0 Å². The summed E-state index contributed by atoms with van der Waals surface area (Å²) in [6.07, 6.45) is -2.75. The SMILES string of the molecule is Cc1cc(C(F)F)c(F)c2ccsc12. The first kappa shape index (κ1) is 9.52. The molecule has 1 aromatic carbocycles. The third-order valence-electron chi connectivity index (χ3n) is 2.12. The number of fused-ring (bicyclic) bond motifs is 1. The molecule has 0 fully saturated rings. The van der Waals surface area contributed by atoms with E-state index in [0.29, 0.717) is 10.9 Å². The van der Waals surface area contributed by atoms with Crippen molar-refractivity contribution in [3.05, 3.63) is 34.5 Å². The van der Waals surface area contributed by atoms with E-state index in [1.54, 1.807) is 12.3 Å². The Morgan fingerprint density at radius 2 is 2.07 bits per heavy atom. The minimum atomic E-state index is -2.75. The fraction of sp³-hybridized carbons (Fsp3) is 0.200. The Labute approximate surface area is 83.0 Å². The van der Waals surface area contributed by atoms with Gasteiger partial charge >= 0.3 is 0 Å². The molecule has 0 N–H and O–H groups in total. The smallest absolute Gasteiger partial charge is 0.206 e. The van der Waals surface area contributed by atoms with Crippen molar-refractivity contribution in [1.82, 2.24) is 0 Å². The monoisotopic (exact) mass is 216 g/mol. The van der Waals surface area contributed by atoms with Gasteiger partial charge in [0.2, 0.25) is 0 Å². The molecule has 0 aliphatic carbocycles. The first-order valence-electron chi connectivity index (χ1n) is 4.05. The van der Waals surface area contributed by atoms with Gasteiger partial charge in [0.05, 0.1) is 5.56 Å². The molecule has 2 aromatic rings. The highest BCUT2D eigenvalue weighted by Crippen LogP contribution is 2.33. The summed E-state index contributed by atoms with van der Waals surface area (Å²) in [6, 6.07) is 2.76. The second-order valence-electron chi connectivity index (χ2n) is 3.06. The number of hydrogen-bond acceptors (Lipinski definition) is 1. The van der Waals surface area contributed by atoms with Crippen molar-refractivity contribution in [1.29, 1.82) is 0 Å². The van der Waals surface area contributed by atoms with Gasteiger partial charge in [-0.3, -0.25) is 0 Å². The van der Waals surface area contributed by atoms with E-state index in [2.05, 4.69) is 0 Å². The molecule has 1 aromatic heterocycles. The van der Waals surface area contributed by atoms with E-state index in [1.165, 1.54) is 23.5 Å². The number of alkyl halides is 2. The van der Waals surface area contributed by atoms with Crippen molar-refractivity contribution in [2.24, 2.45) is 0 Å². The highest BCUT2D eigenvalue weighted by molar-refractivity contribution is 7.17. The van der Waals surface area contributed by atoms with Crippen LogP contribution in [0.1, 0.15) is 17.6 Å². The Morgan fingerprint density at radius 3 is 2.71 bits per heavy atom. The Kier molecular flexibility index (Phi) is 2.23. The molecule has 0 aliphatic rings. The maximum absolute atomic E-state index is 13.5. The third kappa shape index (κ3) is 1.30. The molecule has 0 unspecified atom stereocenters. The number of hydrogen-bond donors (Lipinski definition) is 0. The second-order valence-corrected chi connectivity index (χ2v) is 3.98. The lowest BCUT2D eigenvalue weighted by atomic mass is 10.1. The highest BCUT2D eigenvalue weighted by Gasteiger charge is 2.17. The summed E-state index contributed by atoms with van der Waals surface area (Å²) >= 11 is 1.36. The molecule has 4 heteroatoms. The quantitative estimate of drug-likeness (QED) is 0.667. The van der Waals surface area contributed by atoms with Gasteiger partial charge in [-0.2, -0.15) is 0 Å². The Balaban J connectivity index is 2.82. The standard InChI is InChI=1S/C10H7F3S/c1-5-4-7(10(12)13)8(11)6-2-3-14-9(5)6/h2-4,10H,1H3. The molecular weight excluding hydrogens is 209 g/mol. The van der Waals surface area contributed by atoms with Gasteiger partial charge in [-0.05, 0) is 30.0 Å². The fourth-order valence-corrected chi connectivity index (χ4v) is 2.33. The van der Waals surface area contributed by atoms with Crippen LogP contribution in [0.25, 0.3) is 10.1 Å². The number of rotatable bonds is 1. The van der Waals surface area contributed by atoms with Gasteiger partial charge in [-0.25, -0.2) is 13.2 Å². The Morgan fingerprint density at radius 1 is 1.36 bits per heavy atom. The molecule has 1 heterocycles. The van der Waals surface area contributed by atoms with Crippen LogP contribution in [-0.2, 0) is 0 Å². The second kappa shape index (κ2) is 3.28. The van der Waals surface area contributed by atoms with Crippen LogP contribution < -0.4 is 0 Å². The molecule has 2 rings (SSSR count). The molecule has 0 spiro atoms. The van der Waals surface area contributed by atoms with Crippen LogP contribution in [0.3, 0.4) is 0 Å². The average Bonchev–Trinajstić information content (AvgIpc) is 2.59. The fourth-order valence-electron chi connectivity index (χ4n) is 1.46. The van der Waals surface area contributed by atoms with Crippen LogP contribution >= 0.6 is 11.3 Å². The minimum Gasteiger partial charge on any atom is -0.206 e. The molecule has 0 amide bonds. The molecule has 0 bridgehead atoms. The van der Waals surface area contributed by atoms with E-state index in [9.17, 15) is 13.2 Å². The van der Waals surface area contributed by atoms with Crippen LogP contribution in [0.4, 0.5) is 13.2 Å². The van der Waals surface area contributed by atoms with Crippen molar-refractivity contribution < 1.29 is 13.2 Å². The van der Waals surface area contributed by atoms with Crippen LogP contribution in [0.15, 0.2) is 17.5 Å². The zero-order valence-electron chi connectivity index (χ0n) is 7.35. The van der Waals surface area contributed by atoms with Crippen LogP contribution in [0, 0.1) is 12.7 Å². The van der Waals surface area contributed by atoms with Gasteiger partial charge in [-0.15, -0.1) is 11.3 Å².